The minimum absolute atomic E-state index is 0.124. The van der Waals surface area contributed by atoms with Gasteiger partial charge in [-0.25, -0.2) is 0 Å². The van der Waals surface area contributed by atoms with Gasteiger partial charge in [0.15, 0.2) is 0 Å². The van der Waals surface area contributed by atoms with E-state index in [2.05, 4.69) is 0 Å². The molecular formula is C13H12F3N. The number of benzene rings is 2. The summed E-state index contributed by atoms with van der Waals surface area (Å²) in [5, 5.41) is 1.38. The molecule has 0 aliphatic carbocycles. The van der Waals surface area contributed by atoms with Gasteiger partial charge in [0, 0.05) is 0 Å². The minimum atomic E-state index is -4.42. The monoisotopic (exact) mass is 239 g/mol. The molecular weight excluding hydrogens is 227 g/mol. The van der Waals surface area contributed by atoms with E-state index in [4.69, 9.17) is 5.73 Å². The average molecular weight is 239 g/mol. The summed E-state index contributed by atoms with van der Waals surface area (Å²) >= 11 is 0. The lowest BCUT2D eigenvalue weighted by atomic mass is 9.96. The number of halogens is 3. The van der Waals surface area contributed by atoms with Gasteiger partial charge in [-0.05, 0) is 28.8 Å². The molecule has 0 amide bonds. The second-order valence-corrected chi connectivity index (χ2v) is 4.04. The van der Waals surface area contributed by atoms with Crippen molar-refractivity contribution in [3.8, 4) is 0 Å². The summed E-state index contributed by atoms with van der Waals surface area (Å²) in [4.78, 5) is 0. The van der Waals surface area contributed by atoms with Crippen LogP contribution in [0.25, 0.3) is 10.8 Å². The Morgan fingerprint density at radius 2 is 1.59 bits per heavy atom. The van der Waals surface area contributed by atoms with Crippen molar-refractivity contribution < 1.29 is 13.2 Å². The summed E-state index contributed by atoms with van der Waals surface area (Å²) < 4.78 is 37.9. The van der Waals surface area contributed by atoms with Crippen molar-refractivity contribution in [2.24, 2.45) is 5.73 Å². The van der Waals surface area contributed by atoms with Crippen LogP contribution in [0.3, 0.4) is 0 Å². The minimum Gasteiger partial charge on any atom is -0.316 e. The van der Waals surface area contributed by atoms with Crippen molar-refractivity contribution in [3.05, 3.63) is 47.5 Å². The van der Waals surface area contributed by atoms with Gasteiger partial charge in [0.2, 0.25) is 0 Å². The number of aryl methyl sites for hydroxylation is 1. The number of hydrogen-bond acceptors (Lipinski definition) is 1. The Hall–Kier alpha value is -1.55. The van der Waals surface area contributed by atoms with Crippen LogP contribution in [-0.2, 0) is 0 Å². The van der Waals surface area contributed by atoms with E-state index in [1.165, 1.54) is 6.07 Å². The van der Waals surface area contributed by atoms with E-state index in [1.807, 2.05) is 6.92 Å². The van der Waals surface area contributed by atoms with E-state index in [0.29, 0.717) is 5.39 Å². The molecule has 90 valence electrons. The predicted molar refractivity (Wildman–Crippen MR) is 61.7 cm³/mol. The van der Waals surface area contributed by atoms with Gasteiger partial charge in [-0.3, -0.25) is 0 Å². The van der Waals surface area contributed by atoms with Crippen LogP contribution in [0.15, 0.2) is 36.4 Å². The Morgan fingerprint density at radius 1 is 1.00 bits per heavy atom. The molecule has 2 aromatic carbocycles. The van der Waals surface area contributed by atoms with E-state index in [9.17, 15) is 13.2 Å². The second-order valence-electron chi connectivity index (χ2n) is 4.04. The zero-order valence-corrected chi connectivity index (χ0v) is 9.25. The van der Waals surface area contributed by atoms with E-state index in [-0.39, 0.29) is 5.56 Å². The molecule has 0 fully saturated rings. The highest BCUT2D eigenvalue weighted by molar-refractivity contribution is 5.89. The standard InChI is InChI=1S/C13H12F3N/c1-8-6-7-11(12(17)13(14,15)16)10-5-3-2-4-9(8)10/h2-7,12H,17H2,1H3/t12-/m0/s1. The summed E-state index contributed by atoms with van der Waals surface area (Å²) in [6.07, 6.45) is -4.42. The number of alkyl halides is 3. The molecule has 0 saturated carbocycles. The molecule has 1 atom stereocenters. The predicted octanol–water partition coefficient (Wildman–Crippen LogP) is 3.71. The highest BCUT2D eigenvalue weighted by atomic mass is 19.4. The molecule has 0 aromatic heterocycles. The molecule has 0 radical (unpaired) electrons. The number of rotatable bonds is 1. The molecule has 0 heterocycles. The van der Waals surface area contributed by atoms with E-state index in [1.54, 1.807) is 30.3 Å². The molecule has 2 rings (SSSR count). The van der Waals surface area contributed by atoms with Crippen LogP contribution >= 0.6 is 0 Å². The van der Waals surface area contributed by atoms with E-state index in [0.717, 1.165) is 10.9 Å². The lowest BCUT2D eigenvalue weighted by molar-refractivity contribution is -0.148. The molecule has 0 unspecified atom stereocenters. The van der Waals surface area contributed by atoms with Crippen molar-refractivity contribution >= 4 is 10.8 Å². The third-order valence-electron chi connectivity index (χ3n) is 2.86. The SMILES string of the molecule is Cc1ccc([C@H](N)C(F)(F)F)c2ccccc12. The van der Waals surface area contributed by atoms with Crippen LogP contribution < -0.4 is 5.73 Å². The fourth-order valence-electron chi connectivity index (χ4n) is 1.92. The summed E-state index contributed by atoms with van der Waals surface area (Å²) in [5.41, 5.74) is 6.33. The van der Waals surface area contributed by atoms with Crippen LogP contribution in [-0.4, -0.2) is 6.18 Å². The average Bonchev–Trinajstić information content (AvgIpc) is 2.28. The first-order valence-electron chi connectivity index (χ1n) is 5.22. The topological polar surface area (TPSA) is 26.0 Å². The normalized spacial score (nSPS) is 13.9. The maximum atomic E-state index is 12.6. The number of fused-ring (bicyclic) bond motifs is 1. The van der Waals surface area contributed by atoms with Crippen molar-refractivity contribution in [2.45, 2.75) is 19.1 Å². The third kappa shape index (κ3) is 2.13. The quantitative estimate of drug-likeness (QED) is 0.806. The van der Waals surface area contributed by atoms with Crippen LogP contribution in [0.1, 0.15) is 17.2 Å². The first kappa shape index (κ1) is 11.9. The zero-order chi connectivity index (χ0) is 12.6. The molecule has 0 spiro atoms. The van der Waals surface area contributed by atoms with E-state index >= 15 is 0 Å². The van der Waals surface area contributed by atoms with Gasteiger partial charge in [0.1, 0.15) is 6.04 Å². The fourth-order valence-corrected chi connectivity index (χ4v) is 1.92. The Kier molecular flexibility index (Phi) is 2.83. The zero-order valence-electron chi connectivity index (χ0n) is 9.25. The maximum Gasteiger partial charge on any atom is 0.407 e. The van der Waals surface area contributed by atoms with Gasteiger partial charge in [-0.2, -0.15) is 13.2 Å². The molecule has 2 N–H and O–H groups in total. The number of nitrogens with two attached hydrogens (primary N) is 1. The molecule has 4 heteroatoms. The molecule has 1 nitrogen and oxygen atoms in total. The third-order valence-corrected chi connectivity index (χ3v) is 2.86. The lowest BCUT2D eigenvalue weighted by Crippen LogP contribution is -2.28. The lowest BCUT2D eigenvalue weighted by Gasteiger charge is -2.18. The molecule has 0 aliphatic rings. The first-order chi connectivity index (χ1) is 7.91. The molecule has 0 aliphatic heterocycles. The van der Waals surface area contributed by atoms with Gasteiger partial charge in [-0.15, -0.1) is 0 Å². The molecule has 0 bridgehead atoms. The highest BCUT2D eigenvalue weighted by Crippen LogP contribution is 2.35. The Balaban J connectivity index is 2.67. The Bertz CT molecular complexity index is 546. The van der Waals surface area contributed by atoms with Crippen LogP contribution in [0.2, 0.25) is 0 Å². The van der Waals surface area contributed by atoms with Gasteiger partial charge in [-0.1, -0.05) is 36.4 Å². The van der Waals surface area contributed by atoms with Crippen LogP contribution in [0, 0.1) is 6.92 Å². The first-order valence-corrected chi connectivity index (χ1v) is 5.22. The van der Waals surface area contributed by atoms with E-state index < -0.39 is 12.2 Å². The largest absolute Gasteiger partial charge is 0.407 e. The molecule has 2 aromatic rings. The summed E-state index contributed by atoms with van der Waals surface area (Å²) in [5.74, 6) is 0. The van der Waals surface area contributed by atoms with Gasteiger partial charge in [0.25, 0.3) is 0 Å². The van der Waals surface area contributed by atoms with Gasteiger partial charge >= 0.3 is 6.18 Å². The van der Waals surface area contributed by atoms with Crippen LogP contribution in [0.4, 0.5) is 13.2 Å². The van der Waals surface area contributed by atoms with Crippen molar-refractivity contribution in [2.75, 3.05) is 0 Å². The van der Waals surface area contributed by atoms with Crippen molar-refractivity contribution in [1.82, 2.24) is 0 Å². The Morgan fingerprint density at radius 3 is 2.18 bits per heavy atom. The smallest absolute Gasteiger partial charge is 0.316 e. The van der Waals surface area contributed by atoms with Gasteiger partial charge in [0.05, 0.1) is 0 Å². The Labute approximate surface area is 97.0 Å². The van der Waals surface area contributed by atoms with Crippen molar-refractivity contribution in [3.63, 3.8) is 0 Å². The highest BCUT2D eigenvalue weighted by Gasteiger charge is 2.38. The summed E-state index contributed by atoms with van der Waals surface area (Å²) in [6.45, 7) is 1.87. The maximum absolute atomic E-state index is 12.6. The summed E-state index contributed by atoms with van der Waals surface area (Å²) in [6, 6.07) is 8.18. The van der Waals surface area contributed by atoms with Crippen molar-refractivity contribution in [1.29, 1.82) is 0 Å². The van der Waals surface area contributed by atoms with Crippen LogP contribution in [0.5, 0.6) is 0 Å². The second kappa shape index (κ2) is 4.04. The molecule has 0 saturated heterocycles. The number of hydrogen-bond donors (Lipinski definition) is 1. The molecule has 17 heavy (non-hydrogen) atoms. The summed E-state index contributed by atoms with van der Waals surface area (Å²) in [7, 11) is 0. The van der Waals surface area contributed by atoms with Gasteiger partial charge < -0.3 is 5.73 Å². The fraction of sp³-hybridized carbons (Fsp3) is 0.231.